The summed E-state index contributed by atoms with van der Waals surface area (Å²) < 4.78 is 122. The van der Waals surface area contributed by atoms with Gasteiger partial charge in [0.05, 0.1) is 5.92 Å². The molecule has 0 unspecified atom stereocenters. The third-order valence-corrected chi connectivity index (χ3v) is 2.46. The molecule has 1 rings (SSSR count). The summed E-state index contributed by atoms with van der Waals surface area (Å²) in [4.78, 5) is 13.9. The molecule has 1 aliphatic rings. The Bertz CT molecular complexity index is 396. The average Bonchev–Trinajstić information content (AvgIpc) is 2.30. The maximum absolute atomic E-state index is 11.7. The Morgan fingerprint density at radius 3 is 1.21 bits per heavy atom. The van der Waals surface area contributed by atoms with E-state index in [1.165, 1.54) is 0 Å². The molecule has 18 heteroatoms. The summed E-state index contributed by atoms with van der Waals surface area (Å²) in [5.41, 5.74) is -0.347. The molecule has 3 nitrogen and oxygen atoms in total. The number of carbonyl (C=O) groups excluding carboxylic acids is 1. The lowest BCUT2D eigenvalue weighted by molar-refractivity contribution is -0.161. The minimum absolute atomic E-state index is 0.0226. The Kier molecular flexibility index (Phi) is 14.7. The minimum Gasteiger partial charge on any atom is -0.460 e. The fraction of sp³-hybridized carbons (Fsp3) is 0.909. The number of halogens is 12. The molecule has 0 bridgehead atoms. The third-order valence-electron chi connectivity index (χ3n) is 2.46. The van der Waals surface area contributed by atoms with Crippen LogP contribution in [0.2, 0.25) is 0 Å². The number of hydrogen-bond donors (Lipinski definition) is 0. The normalized spacial score (nSPS) is 16.3. The molecular weight excluding hydrogens is 439 g/mol. The van der Waals surface area contributed by atoms with Crippen molar-refractivity contribution in [3.8, 4) is 0 Å². The number of likely N-dealkylation sites (tertiary alicyclic amines) is 1. The predicted molar refractivity (Wildman–Crippen MR) is 86.6 cm³/mol. The fourth-order valence-corrected chi connectivity index (χ4v) is 1.63. The number of rotatable bonds is 1. The van der Waals surface area contributed by atoms with Gasteiger partial charge in [-0.1, -0.05) is 0 Å². The number of ether oxygens (including phenoxy) is 1. The van der Waals surface area contributed by atoms with Crippen molar-refractivity contribution in [2.24, 2.45) is 5.92 Å². The summed E-state index contributed by atoms with van der Waals surface area (Å²) in [5, 5.41) is 0. The molecule has 0 spiro atoms. The largest absolute Gasteiger partial charge is 0.673 e. The van der Waals surface area contributed by atoms with E-state index >= 15 is 0 Å². The number of piperidine rings is 1. The Hall–Kier alpha value is -1.22. The van der Waals surface area contributed by atoms with Gasteiger partial charge < -0.3 is 61.4 Å². The van der Waals surface area contributed by atoms with Crippen molar-refractivity contribution in [3.05, 3.63) is 0 Å². The van der Waals surface area contributed by atoms with E-state index in [-0.39, 0.29) is 17.5 Å². The van der Waals surface area contributed by atoms with Crippen LogP contribution in [0.25, 0.3) is 0 Å². The lowest BCUT2D eigenvalue weighted by atomic mass is 9.97. The van der Waals surface area contributed by atoms with Gasteiger partial charge >= 0.3 is 27.7 Å². The Morgan fingerprint density at radius 2 is 1.00 bits per heavy atom. The Morgan fingerprint density at radius 1 is 0.759 bits per heavy atom. The van der Waals surface area contributed by atoms with Gasteiger partial charge in [0.25, 0.3) is 0 Å². The zero-order chi connectivity index (χ0) is 24.3. The molecule has 0 saturated carbocycles. The van der Waals surface area contributed by atoms with E-state index in [2.05, 4.69) is 11.9 Å². The van der Waals surface area contributed by atoms with Gasteiger partial charge in [0.15, 0.2) is 0 Å². The Labute approximate surface area is 160 Å². The second-order valence-corrected chi connectivity index (χ2v) is 6.60. The lowest BCUT2D eigenvalue weighted by Gasteiger charge is -2.30. The highest BCUT2D eigenvalue weighted by atomic mass is 19.5. The minimum atomic E-state index is -6.00. The van der Waals surface area contributed by atoms with Crippen molar-refractivity contribution >= 4 is 27.7 Å². The van der Waals surface area contributed by atoms with Gasteiger partial charge in [-0.2, -0.15) is 0 Å². The van der Waals surface area contributed by atoms with E-state index < -0.39 is 21.8 Å². The first-order chi connectivity index (χ1) is 12.4. The van der Waals surface area contributed by atoms with Gasteiger partial charge in [0.2, 0.25) is 0 Å². The van der Waals surface area contributed by atoms with Gasteiger partial charge in [0, 0.05) is 0 Å². The van der Waals surface area contributed by atoms with Crippen LogP contribution in [0.15, 0.2) is 0 Å². The van der Waals surface area contributed by atoms with E-state index in [4.69, 9.17) is 4.74 Å². The van der Waals surface area contributed by atoms with Crippen LogP contribution in [-0.2, 0) is 9.53 Å². The van der Waals surface area contributed by atoms with E-state index in [0.717, 1.165) is 25.9 Å². The quantitative estimate of drug-likeness (QED) is 0.292. The smallest absolute Gasteiger partial charge is 0.460 e. The van der Waals surface area contributed by atoms with Crippen molar-refractivity contribution in [1.29, 1.82) is 0 Å². The van der Waals surface area contributed by atoms with Crippen molar-refractivity contribution in [2.75, 3.05) is 20.1 Å². The molecule has 0 N–H and O–H groups in total. The van der Waals surface area contributed by atoms with Crippen LogP contribution >= 0.6 is 0 Å². The van der Waals surface area contributed by atoms with Gasteiger partial charge in [0.1, 0.15) is 5.60 Å². The van der Waals surface area contributed by atoms with Gasteiger partial charge in [-0.05, 0) is 53.8 Å². The summed E-state index contributed by atoms with van der Waals surface area (Å²) in [7, 11) is -15.9. The van der Waals surface area contributed by atoms with E-state index in [0.29, 0.717) is 0 Å². The summed E-state index contributed by atoms with van der Waals surface area (Å²) >= 11 is 0. The summed E-state index contributed by atoms with van der Waals surface area (Å²) in [6.45, 7) is 7.76. The summed E-state index contributed by atoms with van der Waals surface area (Å²) in [6.07, 6.45) is 1.87. The van der Waals surface area contributed by atoms with Gasteiger partial charge in [-0.25, -0.2) is 0 Å². The van der Waals surface area contributed by atoms with E-state index in [1.807, 2.05) is 20.8 Å². The molecule has 0 aliphatic carbocycles. The molecule has 178 valence electrons. The van der Waals surface area contributed by atoms with Crippen molar-refractivity contribution in [3.63, 3.8) is 0 Å². The van der Waals surface area contributed by atoms with Crippen molar-refractivity contribution in [2.45, 2.75) is 39.2 Å². The van der Waals surface area contributed by atoms with Crippen LogP contribution in [0.4, 0.5) is 51.8 Å². The standard InChI is InChI=1S/C11H21NO2.3BF4/c1-11(2,3)14-10(13)9-5-7-12(4)8-6-9;3*2-1(3,4)5/h9H,5-8H2,1-4H3;;;/q;3*-1. The van der Waals surface area contributed by atoms with Gasteiger partial charge in [-0.15, -0.1) is 0 Å². The number of esters is 1. The molecule has 1 aliphatic heterocycles. The lowest BCUT2D eigenvalue weighted by Crippen LogP contribution is -2.36. The maximum atomic E-state index is 11.7. The fourth-order valence-electron chi connectivity index (χ4n) is 1.63. The molecule has 0 radical (unpaired) electrons. The summed E-state index contributed by atoms with van der Waals surface area (Å²) in [6, 6.07) is 0. The van der Waals surface area contributed by atoms with E-state index in [9.17, 15) is 56.6 Å². The molecule has 0 aromatic heterocycles. The highest BCUT2D eigenvalue weighted by Gasteiger charge is 2.27. The SMILES string of the molecule is CN1CCC(C(=O)OC(C)(C)C)CC1.F[B-](F)(F)F.F[B-](F)(F)F.F[B-](F)(F)F. The summed E-state index contributed by atoms with van der Waals surface area (Å²) in [5.74, 6) is 0.0935. The molecule has 1 heterocycles. The highest BCUT2D eigenvalue weighted by Crippen LogP contribution is 2.20. The van der Waals surface area contributed by atoms with Crippen LogP contribution in [0.1, 0.15) is 33.6 Å². The molecule has 1 fully saturated rings. The van der Waals surface area contributed by atoms with Crippen LogP contribution in [0.5, 0.6) is 0 Å². The molecule has 0 atom stereocenters. The first kappa shape index (κ1) is 32.4. The van der Waals surface area contributed by atoms with E-state index in [1.54, 1.807) is 0 Å². The number of carbonyl (C=O) groups is 1. The first-order valence-electron chi connectivity index (χ1n) is 7.92. The second-order valence-electron chi connectivity index (χ2n) is 6.60. The number of hydrogen-bond acceptors (Lipinski definition) is 3. The highest BCUT2D eigenvalue weighted by molar-refractivity contribution is 6.50. The van der Waals surface area contributed by atoms with Crippen LogP contribution in [0, 0.1) is 5.92 Å². The van der Waals surface area contributed by atoms with Crippen molar-refractivity contribution < 1.29 is 61.3 Å². The molecule has 0 amide bonds. The topological polar surface area (TPSA) is 29.5 Å². The van der Waals surface area contributed by atoms with Crippen molar-refractivity contribution in [1.82, 2.24) is 4.90 Å². The molecular formula is C11H21B3F12NO2-3. The molecule has 0 aromatic carbocycles. The third kappa shape index (κ3) is 52.0. The first-order valence-corrected chi connectivity index (χ1v) is 7.92. The average molecular weight is 460 g/mol. The zero-order valence-corrected chi connectivity index (χ0v) is 15.9. The molecule has 0 aromatic rings. The maximum Gasteiger partial charge on any atom is 0.673 e. The zero-order valence-electron chi connectivity index (χ0n) is 15.9. The van der Waals surface area contributed by atoms with Gasteiger partial charge in [-0.3, -0.25) is 4.79 Å². The predicted octanol–water partition coefficient (Wildman–Crippen LogP) is 5.57. The second kappa shape index (κ2) is 13.2. The number of nitrogens with zero attached hydrogens (tertiary/aromatic N) is 1. The van der Waals surface area contributed by atoms with Crippen LogP contribution < -0.4 is 0 Å². The Balaban J connectivity index is -0.000000373. The molecule has 29 heavy (non-hydrogen) atoms. The molecule has 1 saturated heterocycles. The monoisotopic (exact) mass is 460 g/mol. The van der Waals surface area contributed by atoms with Crippen LogP contribution in [-0.4, -0.2) is 58.4 Å². The van der Waals surface area contributed by atoms with Crippen LogP contribution in [0.3, 0.4) is 0 Å².